The third-order valence-corrected chi connectivity index (χ3v) is 7.56. The van der Waals surface area contributed by atoms with E-state index < -0.39 is 6.04 Å². The van der Waals surface area contributed by atoms with E-state index in [2.05, 4.69) is 36.0 Å². The van der Waals surface area contributed by atoms with Crippen molar-refractivity contribution in [1.29, 1.82) is 0 Å². The van der Waals surface area contributed by atoms with E-state index in [0.717, 1.165) is 48.9 Å². The van der Waals surface area contributed by atoms with Gasteiger partial charge in [-0.1, -0.05) is 18.2 Å². The van der Waals surface area contributed by atoms with Crippen LogP contribution in [-0.4, -0.2) is 63.5 Å². The number of thioether (sulfide) groups is 1. The summed E-state index contributed by atoms with van der Waals surface area (Å²) in [7, 11) is 2.18. The maximum absolute atomic E-state index is 13.1. The van der Waals surface area contributed by atoms with E-state index in [4.69, 9.17) is 5.73 Å². The van der Waals surface area contributed by atoms with Gasteiger partial charge in [0.1, 0.15) is 0 Å². The van der Waals surface area contributed by atoms with Gasteiger partial charge in [0.2, 0.25) is 5.91 Å². The molecule has 2 aliphatic rings. The summed E-state index contributed by atoms with van der Waals surface area (Å²) in [6, 6.07) is 7.68. The van der Waals surface area contributed by atoms with Crippen LogP contribution in [0.15, 0.2) is 30.5 Å². The van der Waals surface area contributed by atoms with Crippen molar-refractivity contribution in [3.05, 3.63) is 36.0 Å². The molecule has 1 unspecified atom stereocenters. The number of fused-ring (bicyclic) bond motifs is 1. The lowest BCUT2D eigenvalue weighted by molar-refractivity contribution is -0.133. The zero-order chi connectivity index (χ0) is 18.3. The Balaban J connectivity index is 1.45. The van der Waals surface area contributed by atoms with Gasteiger partial charge in [-0.25, -0.2) is 0 Å². The maximum Gasteiger partial charge on any atom is 0.240 e. The van der Waals surface area contributed by atoms with E-state index in [1.807, 2.05) is 35.0 Å². The van der Waals surface area contributed by atoms with Gasteiger partial charge in [0.25, 0.3) is 0 Å². The van der Waals surface area contributed by atoms with Crippen molar-refractivity contribution in [2.75, 3.05) is 26.7 Å². The molecule has 2 fully saturated rings. The molecule has 2 atom stereocenters. The average molecular weight is 373 g/mol. The molecule has 0 saturated carbocycles. The second kappa shape index (κ2) is 6.91. The van der Waals surface area contributed by atoms with Crippen LogP contribution >= 0.6 is 11.8 Å². The molecule has 1 aromatic carbocycles. The number of para-hydroxylation sites is 1. The smallest absolute Gasteiger partial charge is 0.240 e. The first-order chi connectivity index (χ1) is 12.5. The van der Waals surface area contributed by atoms with Crippen molar-refractivity contribution in [3.63, 3.8) is 0 Å². The van der Waals surface area contributed by atoms with Gasteiger partial charge >= 0.3 is 0 Å². The van der Waals surface area contributed by atoms with E-state index in [-0.39, 0.29) is 16.0 Å². The number of carbonyl (C=O) groups excluding carboxylic acids is 1. The molecule has 5 nitrogen and oxygen atoms in total. The Hall–Kier alpha value is -1.50. The van der Waals surface area contributed by atoms with Crippen LogP contribution < -0.4 is 5.73 Å². The van der Waals surface area contributed by atoms with Crippen molar-refractivity contribution < 1.29 is 4.79 Å². The number of hydrogen-bond donors (Lipinski definition) is 2. The first-order valence-electron chi connectivity index (χ1n) is 9.45. The molecule has 4 rings (SSSR count). The Morgan fingerprint density at radius 2 is 2.12 bits per heavy atom. The van der Waals surface area contributed by atoms with Crippen molar-refractivity contribution in [1.82, 2.24) is 14.8 Å². The zero-order valence-electron chi connectivity index (χ0n) is 15.6. The van der Waals surface area contributed by atoms with Gasteiger partial charge in [0.05, 0.1) is 11.4 Å². The standard InChI is InChI=1S/C20H28N4OS/c1-14-24(13-20(26-14)7-9-23(2)10-8-20)19(25)17(21)11-15-12-22-18-6-4-3-5-16(15)18/h3-6,12,14,17,22H,7-11,13,21H2,1-2H3/t14?,17-/m1/s1. The van der Waals surface area contributed by atoms with E-state index in [1.54, 1.807) is 0 Å². The Bertz CT molecular complexity index is 796. The number of aromatic amines is 1. The summed E-state index contributed by atoms with van der Waals surface area (Å²) in [5.41, 5.74) is 8.57. The summed E-state index contributed by atoms with van der Waals surface area (Å²) in [4.78, 5) is 20.7. The van der Waals surface area contributed by atoms with Crippen molar-refractivity contribution in [2.45, 2.75) is 42.3 Å². The number of hydrogen-bond acceptors (Lipinski definition) is 4. The van der Waals surface area contributed by atoms with Crippen LogP contribution in [0, 0.1) is 0 Å². The van der Waals surface area contributed by atoms with E-state index in [9.17, 15) is 4.79 Å². The number of amides is 1. The van der Waals surface area contributed by atoms with Gasteiger partial charge in [-0.3, -0.25) is 4.79 Å². The number of likely N-dealkylation sites (tertiary alicyclic amines) is 1. The van der Waals surface area contributed by atoms with Crippen LogP contribution in [0.4, 0.5) is 0 Å². The number of H-pyrrole nitrogens is 1. The van der Waals surface area contributed by atoms with Crippen LogP contribution in [-0.2, 0) is 11.2 Å². The number of benzene rings is 1. The number of nitrogens with two attached hydrogens (primary N) is 1. The molecule has 0 aliphatic carbocycles. The minimum atomic E-state index is -0.487. The highest BCUT2D eigenvalue weighted by Gasteiger charge is 2.46. The first-order valence-corrected chi connectivity index (χ1v) is 10.3. The Labute approximate surface area is 159 Å². The number of carbonyl (C=O) groups is 1. The SMILES string of the molecule is CC1SC2(CCN(C)CC2)CN1C(=O)[C@H](N)Cc1c[nH]c2ccccc12. The number of rotatable bonds is 3. The minimum Gasteiger partial charge on any atom is -0.361 e. The van der Waals surface area contributed by atoms with Crippen LogP contribution in [0.5, 0.6) is 0 Å². The first kappa shape index (κ1) is 17.9. The largest absolute Gasteiger partial charge is 0.361 e. The number of piperidine rings is 1. The summed E-state index contributed by atoms with van der Waals surface area (Å²) >= 11 is 1.97. The van der Waals surface area contributed by atoms with E-state index in [1.165, 1.54) is 0 Å². The minimum absolute atomic E-state index is 0.0890. The summed E-state index contributed by atoms with van der Waals surface area (Å²) in [5, 5.41) is 1.37. The van der Waals surface area contributed by atoms with Gasteiger partial charge in [-0.05, 0) is 58.0 Å². The second-order valence-electron chi connectivity index (χ2n) is 7.84. The zero-order valence-corrected chi connectivity index (χ0v) is 16.4. The summed E-state index contributed by atoms with van der Waals surface area (Å²) < 4.78 is 0.224. The third-order valence-electron chi connectivity index (χ3n) is 5.93. The molecule has 3 N–H and O–H groups in total. The van der Waals surface area contributed by atoms with E-state index in [0.29, 0.717) is 6.42 Å². The molecule has 2 aliphatic heterocycles. The monoisotopic (exact) mass is 372 g/mol. The lowest BCUT2D eigenvalue weighted by Gasteiger charge is -2.36. The average Bonchev–Trinajstić information content (AvgIpc) is 3.19. The summed E-state index contributed by atoms with van der Waals surface area (Å²) in [6.07, 6.45) is 4.87. The van der Waals surface area contributed by atoms with Crippen LogP contribution in [0.25, 0.3) is 10.9 Å². The molecule has 0 radical (unpaired) electrons. The fourth-order valence-electron chi connectivity index (χ4n) is 4.30. The highest BCUT2D eigenvalue weighted by atomic mass is 32.2. The number of aromatic nitrogens is 1. The van der Waals surface area contributed by atoms with Gasteiger partial charge in [0, 0.05) is 28.4 Å². The normalized spacial score (nSPS) is 24.4. The highest BCUT2D eigenvalue weighted by molar-refractivity contribution is 8.01. The van der Waals surface area contributed by atoms with Crippen LogP contribution in [0.1, 0.15) is 25.3 Å². The highest BCUT2D eigenvalue weighted by Crippen LogP contribution is 2.46. The lowest BCUT2D eigenvalue weighted by Crippen LogP contribution is -2.49. The van der Waals surface area contributed by atoms with Gasteiger partial charge in [-0.15, -0.1) is 11.8 Å². The molecule has 0 bridgehead atoms. The van der Waals surface area contributed by atoms with Crippen molar-refractivity contribution >= 4 is 28.6 Å². The molecular formula is C20H28N4OS. The molecule has 1 aromatic heterocycles. The molecular weight excluding hydrogens is 344 g/mol. The molecule has 140 valence electrons. The molecule has 1 spiro atoms. The Kier molecular flexibility index (Phi) is 4.75. The summed E-state index contributed by atoms with van der Waals surface area (Å²) in [6.45, 7) is 5.22. The van der Waals surface area contributed by atoms with Gasteiger partial charge in [0.15, 0.2) is 0 Å². The predicted octanol–water partition coefficient (Wildman–Crippen LogP) is 2.42. The Morgan fingerprint density at radius 1 is 1.38 bits per heavy atom. The van der Waals surface area contributed by atoms with Gasteiger partial charge < -0.3 is 20.5 Å². The van der Waals surface area contributed by atoms with Crippen LogP contribution in [0.3, 0.4) is 0 Å². The predicted molar refractivity (Wildman–Crippen MR) is 108 cm³/mol. The van der Waals surface area contributed by atoms with Gasteiger partial charge in [-0.2, -0.15) is 0 Å². The third kappa shape index (κ3) is 3.26. The molecule has 3 heterocycles. The van der Waals surface area contributed by atoms with Crippen molar-refractivity contribution in [2.24, 2.45) is 5.73 Å². The maximum atomic E-state index is 13.1. The summed E-state index contributed by atoms with van der Waals surface area (Å²) in [5.74, 6) is 0.0890. The fraction of sp³-hybridized carbons (Fsp3) is 0.550. The molecule has 2 saturated heterocycles. The molecule has 6 heteroatoms. The number of nitrogens with one attached hydrogen (secondary N) is 1. The van der Waals surface area contributed by atoms with Crippen LogP contribution in [0.2, 0.25) is 0 Å². The molecule has 2 aromatic rings. The fourth-order valence-corrected chi connectivity index (χ4v) is 5.96. The van der Waals surface area contributed by atoms with Crippen molar-refractivity contribution in [3.8, 4) is 0 Å². The quantitative estimate of drug-likeness (QED) is 0.868. The Morgan fingerprint density at radius 3 is 2.88 bits per heavy atom. The molecule has 1 amide bonds. The van der Waals surface area contributed by atoms with E-state index >= 15 is 0 Å². The lowest BCUT2D eigenvalue weighted by atomic mass is 9.95. The number of nitrogens with zero attached hydrogens (tertiary/aromatic N) is 2. The second-order valence-corrected chi connectivity index (χ2v) is 9.62. The molecule has 26 heavy (non-hydrogen) atoms. The topological polar surface area (TPSA) is 65.4 Å².